The van der Waals surface area contributed by atoms with E-state index in [9.17, 15) is 0 Å². The van der Waals surface area contributed by atoms with Crippen LogP contribution in [0.25, 0.3) is 22.2 Å². The Balaban J connectivity index is 2.10. The summed E-state index contributed by atoms with van der Waals surface area (Å²) in [6.45, 7) is 4.83. The minimum Gasteiger partial charge on any atom is -0.354 e. The summed E-state index contributed by atoms with van der Waals surface area (Å²) < 4.78 is 0. The monoisotopic (exact) mass is 264 g/mol. The maximum Gasteiger partial charge on any atom is 0.223 e. The van der Waals surface area contributed by atoms with Crippen LogP contribution in [-0.4, -0.2) is 21.5 Å². The first-order chi connectivity index (χ1) is 9.76. The lowest BCUT2D eigenvalue weighted by molar-refractivity contribution is 1.06. The molecular weight excluding hydrogens is 248 g/mol. The highest BCUT2D eigenvalue weighted by Crippen LogP contribution is 2.23. The van der Waals surface area contributed by atoms with Crippen LogP contribution in [0.4, 0.5) is 5.95 Å². The van der Waals surface area contributed by atoms with Crippen LogP contribution in [0.1, 0.15) is 12.6 Å². The number of hydrogen-bond donors (Lipinski definition) is 1. The normalized spacial score (nSPS) is 10.7. The van der Waals surface area contributed by atoms with Gasteiger partial charge in [0, 0.05) is 29.4 Å². The molecule has 4 heteroatoms. The molecule has 1 aromatic carbocycles. The molecule has 0 fully saturated rings. The standard InChI is InChI=1S/C16H16N4/c1-3-17-16-19-11(2)9-15(20-16)13-6-7-14-12(10-13)5-4-8-18-14/h4-10H,3H2,1-2H3,(H,17,19,20). The van der Waals surface area contributed by atoms with Gasteiger partial charge in [-0.2, -0.15) is 0 Å². The van der Waals surface area contributed by atoms with Crippen LogP contribution < -0.4 is 5.32 Å². The fourth-order valence-electron chi connectivity index (χ4n) is 2.19. The molecule has 0 aliphatic heterocycles. The second kappa shape index (κ2) is 5.25. The van der Waals surface area contributed by atoms with Crippen molar-refractivity contribution in [1.82, 2.24) is 15.0 Å². The number of nitrogens with one attached hydrogen (secondary N) is 1. The summed E-state index contributed by atoms with van der Waals surface area (Å²) in [7, 11) is 0. The second-order valence-electron chi connectivity index (χ2n) is 4.66. The van der Waals surface area contributed by atoms with Crippen molar-refractivity contribution in [3.05, 3.63) is 48.3 Å². The van der Waals surface area contributed by atoms with Crippen LogP contribution in [0.2, 0.25) is 0 Å². The van der Waals surface area contributed by atoms with Crippen molar-refractivity contribution >= 4 is 16.9 Å². The maximum absolute atomic E-state index is 4.56. The van der Waals surface area contributed by atoms with Crippen molar-refractivity contribution in [2.75, 3.05) is 11.9 Å². The van der Waals surface area contributed by atoms with Crippen LogP contribution in [0.3, 0.4) is 0 Å². The van der Waals surface area contributed by atoms with Gasteiger partial charge >= 0.3 is 0 Å². The first-order valence-corrected chi connectivity index (χ1v) is 6.71. The topological polar surface area (TPSA) is 50.7 Å². The molecule has 3 aromatic rings. The number of aryl methyl sites for hydroxylation is 1. The highest BCUT2D eigenvalue weighted by molar-refractivity contribution is 5.83. The SMILES string of the molecule is CCNc1nc(C)cc(-c2ccc3ncccc3c2)n1. The highest BCUT2D eigenvalue weighted by Gasteiger charge is 2.05. The quantitative estimate of drug-likeness (QED) is 0.787. The summed E-state index contributed by atoms with van der Waals surface area (Å²) in [4.78, 5) is 13.3. The van der Waals surface area contributed by atoms with E-state index < -0.39 is 0 Å². The minimum atomic E-state index is 0.675. The van der Waals surface area contributed by atoms with Gasteiger partial charge in [0.1, 0.15) is 0 Å². The molecule has 2 aromatic heterocycles. The van der Waals surface area contributed by atoms with Gasteiger partial charge in [-0.15, -0.1) is 0 Å². The van der Waals surface area contributed by atoms with E-state index in [0.29, 0.717) is 5.95 Å². The number of aromatic nitrogens is 3. The molecule has 0 radical (unpaired) electrons. The molecule has 0 spiro atoms. The third-order valence-corrected chi connectivity index (χ3v) is 3.09. The van der Waals surface area contributed by atoms with Gasteiger partial charge in [-0.3, -0.25) is 4.98 Å². The van der Waals surface area contributed by atoms with Crippen molar-refractivity contribution in [1.29, 1.82) is 0 Å². The summed E-state index contributed by atoms with van der Waals surface area (Å²) in [5.74, 6) is 0.675. The second-order valence-corrected chi connectivity index (χ2v) is 4.66. The molecule has 100 valence electrons. The largest absolute Gasteiger partial charge is 0.354 e. The zero-order valence-corrected chi connectivity index (χ0v) is 11.6. The number of anilines is 1. The Labute approximate surface area is 117 Å². The number of pyridine rings is 1. The molecule has 0 aliphatic carbocycles. The van der Waals surface area contributed by atoms with E-state index in [4.69, 9.17) is 0 Å². The van der Waals surface area contributed by atoms with Gasteiger partial charge in [-0.05, 0) is 38.1 Å². The van der Waals surface area contributed by atoms with Crippen LogP contribution >= 0.6 is 0 Å². The molecule has 0 bridgehead atoms. The fraction of sp³-hybridized carbons (Fsp3) is 0.188. The van der Waals surface area contributed by atoms with E-state index in [2.05, 4.69) is 32.4 Å². The first-order valence-electron chi connectivity index (χ1n) is 6.71. The van der Waals surface area contributed by atoms with Crippen LogP contribution in [0, 0.1) is 6.92 Å². The third kappa shape index (κ3) is 2.45. The van der Waals surface area contributed by atoms with Crippen molar-refractivity contribution in [2.45, 2.75) is 13.8 Å². The van der Waals surface area contributed by atoms with E-state index >= 15 is 0 Å². The molecule has 2 heterocycles. The van der Waals surface area contributed by atoms with Gasteiger partial charge < -0.3 is 5.32 Å². The minimum absolute atomic E-state index is 0.675. The van der Waals surface area contributed by atoms with Gasteiger partial charge in [0.05, 0.1) is 11.2 Å². The van der Waals surface area contributed by atoms with E-state index in [-0.39, 0.29) is 0 Å². The van der Waals surface area contributed by atoms with Crippen LogP contribution in [0.15, 0.2) is 42.6 Å². The van der Waals surface area contributed by atoms with Gasteiger partial charge in [-0.1, -0.05) is 12.1 Å². The van der Waals surface area contributed by atoms with Crippen molar-refractivity contribution in [3.63, 3.8) is 0 Å². The Morgan fingerprint density at radius 2 is 2.00 bits per heavy atom. The van der Waals surface area contributed by atoms with E-state index in [1.807, 2.05) is 38.1 Å². The predicted molar refractivity (Wildman–Crippen MR) is 81.7 cm³/mol. The number of fused-ring (bicyclic) bond motifs is 1. The molecule has 0 atom stereocenters. The lowest BCUT2D eigenvalue weighted by atomic mass is 10.1. The zero-order valence-electron chi connectivity index (χ0n) is 11.6. The lowest BCUT2D eigenvalue weighted by Gasteiger charge is -2.07. The van der Waals surface area contributed by atoms with Crippen LogP contribution in [0.5, 0.6) is 0 Å². The smallest absolute Gasteiger partial charge is 0.223 e. The Morgan fingerprint density at radius 3 is 2.85 bits per heavy atom. The molecule has 0 saturated heterocycles. The Kier molecular flexibility index (Phi) is 3.29. The average Bonchev–Trinajstić information content (AvgIpc) is 2.46. The number of benzene rings is 1. The van der Waals surface area contributed by atoms with E-state index in [1.54, 1.807) is 6.20 Å². The zero-order chi connectivity index (χ0) is 13.9. The fourth-order valence-corrected chi connectivity index (χ4v) is 2.19. The molecule has 20 heavy (non-hydrogen) atoms. The molecule has 0 amide bonds. The summed E-state index contributed by atoms with van der Waals surface area (Å²) in [6.07, 6.45) is 1.81. The van der Waals surface area contributed by atoms with Crippen molar-refractivity contribution in [3.8, 4) is 11.3 Å². The number of hydrogen-bond acceptors (Lipinski definition) is 4. The maximum atomic E-state index is 4.56. The molecule has 3 rings (SSSR count). The first kappa shape index (κ1) is 12.5. The van der Waals surface area contributed by atoms with E-state index in [0.717, 1.165) is 34.4 Å². The Bertz CT molecular complexity index is 752. The summed E-state index contributed by atoms with van der Waals surface area (Å²) in [6, 6.07) is 12.2. The molecule has 4 nitrogen and oxygen atoms in total. The Morgan fingerprint density at radius 1 is 1.10 bits per heavy atom. The molecule has 1 N–H and O–H groups in total. The summed E-state index contributed by atoms with van der Waals surface area (Å²) in [5, 5.41) is 4.28. The summed E-state index contributed by atoms with van der Waals surface area (Å²) in [5.41, 5.74) is 3.96. The molecule has 0 aliphatic rings. The van der Waals surface area contributed by atoms with E-state index in [1.165, 1.54) is 0 Å². The summed E-state index contributed by atoms with van der Waals surface area (Å²) >= 11 is 0. The number of rotatable bonds is 3. The van der Waals surface area contributed by atoms with Gasteiger partial charge in [-0.25, -0.2) is 9.97 Å². The lowest BCUT2D eigenvalue weighted by Crippen LogP contribution is -2.03. The predicted octanol–water partition coefficient (Wildman–Crippen LogP) is 3.43. The van der Waals surface area contributed by atoms with Crippen LogP contribution in [-0.2, 0) is 0 Å². The van der Waals surface area contributed by atoms with Gasteiger partial charge in [0.25, 0.3) is 0 Å². The van der Waals surface area contributed by atoms with Gasteiger partial charge in [0.15, 0.2) is 0 Å². The van der Waals surface area contributed by atoms with Crippen molar-refractivity contribution < 1.29 is 0 Å². The van der Waals surface area contributed by atoms with Crippen molar-refractivity contribution in [2.24, 2.45) is 0 Å². The van der Waals surface area contributed by atoms with Gasteiger partial charge in [0.2, 0.25) is 5.95 Å². The average molecular weight is 264 g/mol. The molecular formula is C16H16N4. The number of nitrogens with zero attached hydrogens (tertiary/aromatic N) is 3. The highest BCUT2D eigenvalue weighted by atomic mass is 15.1. The molecule has 0 saturated carbocycles. The third-order valence-electron chi connectivity index (χ3n) is 3.09. The molecule has 0 unspecified atom stereocenters. The Hall–Kier alpha value is -2.49.